The first-order chi connectivity index (χ1) is 13.0. The third-order valence-electron chi connectivity index (χ3n) is 4.40. The van der Waals surface area contributed by atoms with E-state index < -0.39 is 23.8 Å². The molecule has 0 atom stereocenters. The van der Waals surface area contributed by atoms with E-state index in [-0.39, 0.29) is 29.0 Å². The topological polar surface area (TPSA) is 81.7 Å². The summed E-state index contributed by atoms with van der Waals surface area (Å²) in [6.45, 7) is 1.40. The van der Waals surface area contributed by atoms with Crippen molar-refractivity contribution in [2.75, 3.05) is 13.1 Å². The number of halogens is 4. The van der Waals surface area contributed by atoms with E-state index in [9.17, 15) is 17.6 Å². The van der Waals surface area contributed by atoms with E-state index in [1.807, 2.05) is 0 Å². The first kappa shape index (κ1) is 17.6. The Morgan fingerprint density at radius 3 is 2.63 bits per heavy atom. The van der Waals surface area contributed by atoms with Crippen LogP contribution in [0.15, 0.2) is 22.7 Å². The van der Waals surface area contributed by atoms with E-state index >= 15 is 0 Å². The lowest BCUT2D eigenvalue weighted by Crippen LogP contribution is -2.30. The average Bonchev–Trinajstić information content (AvgIpc) is 3.31. The van der Waals surface area contributed by atoms with Crippen LogP contribution < -0.4 is 5.32 Å². The third-order valence-corrected chi connectivity index (χ3v) is 4.40. The quantitative estimate of drug-likeness (QED) is 0.699. The summed E-state index contributed by atoms with van der Waals surface area (Å²) < 4.78 is 60.1. The van der Waals surface area contributed by atoms with Crippen molar-refractivity contribution in [1.82, 2.24) is 30.5 Å². The minimum Gasteiger partial charge on any atom is -0.332 e. The largest absolute Gasteiger partial charge is 0.332 e. The number of aromatic nitrogens is 5. The molecule has 0 aliphatic carbocycles. The molecule has 4 rings (SSSR count). The molecule has 0 bridgehead atoms. The van der Waals surface area contributed by atoms with Gasteiger partial charge in [-0.15, -0.1) is 5.10 Å². The number of benzene rings is 1. The zero-order valence-corrected chi connectivity index (χ0v) is 13.9. The molecule has 1 aliphatic heterocycles. The van der Waals surface area contributed by atoms with Crippen LogP contribution in [0.1, 0.15) is 31.0 Å². The van der Waals surface area contributed by atoms with E-state index in [1.54, 1.807) is 0 Å². The maximum atomic E-state index is 13.7. The number of hydrogen-bond donors (Lipinski definition) is 1. The molecule has 0 spiro atoms. The van der Waals surface area contributed by atoms with Crippen LogP contribution in [0.2, 0.25) is 0 Å². The number of rotatable bonds is 4. The molecule has 142 valence electrons. The summed E-state index contributed by atoms with van der Waals surface area (Å²) in [6, 6.07) is 2.86. The Morgan fingerprint density at radius 1 is 1.15 bits per heavy atom. The summed E-state index contributed by atoms with van der Waals surface area (Å²) in [6.07, 6.45) is -1.55. The van der Waals surface area contributed by atoms with E-state index in [2.05, 4.69) is 25.8 Å². The van der Waals surface area contributed by atoms with Crippen molar-refractivity contribution in [2.45, 2.75) is 25.3 Å². The molecule has 1 saturated heterocycles. The zero-order chi connectivity index (χ0) is 19.0. The lowest BCUT2D eigenvalue weighted by molar-refractivity contribution is 0.133. The van der Waals surface area contributed by atoms with Crippen molar-refractivity contribution >= 4 is 0 Å². The summed E-state index contributed by atoms with van der Waals surface area (Å²) in [5.74, 6) is -2.43. The van der Waals surface area contributed by atoms with E-state index in [0.29, 0.717) is 25.9 Å². The highest BCUT2D eigenvalue weighted by molar-refractivity contribution is 5.59. The highest BCUT2D eigenvalue weighted by atomic mass is 19.3. The van der Waals surface area contributed by atoms with Crippen LogP contribution in [0, 0.1) is 11.6 Å². The average molecular weight is 382 g/mol. The van der Waals surface area contributed by atoms with Gasteiger partial charge in [-0.3, -0.25) is 0 Å². The van der Waals surface area contributed by atoms with Gasteiger partial charge in [0, 0.05) is 5.56 Å². The number of alkyl halides is 2. The Hall–Kier alpha value is -2.82. The molecule has 27 heavy (non-hydrogen) atoms. The molecule has 11 heteroatoms. The van der Waals surface area contributed by atoms with Crippen molar-refractivity contribution in [3.63, 3.8) is 0 Å². The number of nitrogens with zero attached hydrogens (tertiary/aromatic N) is 5. The van der Waals surface area contributed by atoms with E-state index in [1.165, 1.54) is 10.7 Å². The standard InChI is InChI=1S/C16H14F4N6O/c17-10-2-1-8(7-11(10)18)15-22-16(27-24-15)12-13(14(19)20)26(25-23-12)9-3-5-21-6-4-9/h1-2,7,9,14,21H,3-6H2. The van der Waals surface area contributed by atoms with Gasteiger partial charge in [-0.2, -0.15) is 4.98 Å². The smallest absolute Gasteiger partial charge is 0.282 e. The molecular formula is C16H14F4N6O. The predicted octanol–water partition coefficient (Wildman–Crippen LogP) is 3.14. The summed E-state index contributed by atoms with van der Waals surface area (Å²) in [5, 5.41) is 14.5. The number of nitrogens with one attached hydrogen (secondary N) is 1. The van der Waals surface area contributed by atoms with Gasteiger partial charge >= 0.3 is 0 Å². The molecule has 1 N–H and O–H groups in total. The molecule has 1 aliphatic rings. The normalized spacial score (nSPS) is 15.6. The summed E-state index contributed by atoms with van der Waals surface area (Å²) in [5.41, 5.74) is -0.472. The van der Waals surface area contributed by atoms with Gasteiger partial charge in [0.1, 0.15) is 5.69 Å². The fourth-order valence-corrected chi connectivity index (χ4v) is 3.05. The van der Waals surface area contributed by atoms with Gasteiger partial charge in [0.25, 0.3) is 12.3 Å². The fraction of sp³-hybridized carbons (Fsp3) is 0.375. The van der Waals surface area contributed by atoms with Gasteiger partial charge in [-0.25, -0.2) is 22.2 Å². The molecule has 0 radical (unpaired) electrons. The molecule has 7 nitrogen and oxygen atoms in total. The van der Waals surface area contributed by atoms with E-state index in [0.717, 1.165) is 12.1 Å². The van der Waals surface area contributed by atoms with Crippen LogP contribution >= 0.6 is 0 Å². The Balaban J connectivity index is 1.70. The Bertz CT molecular complexity index is 950. The van der Waals surface area contributed by atoms with E-state index in [4.69, 9.17) is 4.52 Å². The molecule has 1 aromatic carbocycles. The number of hydrogen-bond acceptors (Lipinski definition) is 6. The van der Waals surface area contributed by atoms with Gasteiger partial charge in [0.05, 0.1) is 6.04 Å². The van der Waals surface area contributed by atoms with Crippen LogP contribution in [0.4, 0.5) is 17.6 Å². The summed E-state index contributed by atoms with van der Waals surface area (Å²) in [4.78, 5) is 3.99. The number of piperidine rings is 1. The minimum absolute atomic E-state index is 0.0690. The second kappa shape index (κ2) is 7.06. The highest BCUT2D eigenvalue weighted by Gasteiger charge is 2.30. The van der Waals surface area contributed by atoms with Crippen LogP contribution in [-0.2, 0) is 0 Å². The molecule has 0 unspecified atom stereocenters. The SMILES string of the molecule is Fc1ccc(-c2noc(-c3nnn(C4CCNCC4)c3C(F)F)n2)cc1F. The molecule has 2 aromatic heterocycles. The molecule has 0 saturated carbocycles. The highest BCUT2D eigenvalue weighted by Crippen LogP contribution is 2.33. The summed E-state index contributed by atoms with van der Waals surface area (Å²) in [7, 11) is 0. The van der Waals surface area contributed by atoms with Gasteiger partial charge in [-0.05, 0) is 44.1 Å². The summed E-state index contributed by atoms with van der Waals surface area (Å²) >= 11 is 0. The van der Waals surface area contributed by atoms with Crippen molar-refractivity contribution in [2.24, 2.45) is 0 Å². The van der Waals surface area contributed by atoms with Crippen molar-refractivity contribution < 1.29 is 22.1 Å². The van der Waals surface area contributed by atoms with Crippen molar-refractivity contribution in [3.05, 3.63) is 35.5 Å². The van der Waals surface area contributed by atoms with Gasteiger partial charge in [-0.1, -0.05) is 10.4 Å². The zero-order valence-electron chi connectivity index (χ0n) is 13.9. The molecule has 3 aromatic rings. The van der Waals surface area contributed by atoms with Crippen LogP contribution in [-0.4, -0.2) is 38.2 Å². The second-order valence-electron chi connectivity index (χ2n) is 6.10. The molecular weight excluding hydrogens is 368 g/mol. The first-order valence-electron chi connectivity index (χ1n) is 8.28. The van der Waals surface area contributed by atoms with Crippen LogP contribution in [0.25, 0.3) is 23.0 Å². The molecule has 1 fully saturated rings. The van der Waals surface area contributed by atoms with Gasteiger partial charge in [0.2, 0.25) is 5.82 Å². The monoisotopic (exact) mass is 382 g/mol. The van der Waals surface area contributed by atoms with Gasteiger partial charge < -0.3 is 9.84 Å². The second-order valence-corrected chi connectivity index (χ2v) is 6.10. The lowest BCUT2D eigenvalue weighted by Gasteiger charge is -2.23. The fourth-order valence-electron chi connectivity index (χ4n) is 3.05. The predicted molar refractivity (Wildman–Crippen MR) is 84.8 cm³/mol. The Labute approximate surface area is 150 Å². The minimum atomic E-state index is -2.84. The Morgan fingerprint density at radius 2 is 1.93 bits per heavy atom. The lowest BCUT2D eigenvalue weighted by atomic mass is 10.1. The molecule has 0 amide bonds. The van der Waals surface area contributed by atoms with Crippen LogP contribution in [0.5, 0.6) is 0 Å². The first-order valence-corrected chi connectivity index (χ1v) is 8.28. The maximum absolute atomic E-state index is 13.7. The maximum Gasteiger partial charge on any atom is 0.282 e. The Kier molecular flexibility index (Phi) is 4.60. The molecule has 3 heterocycles. The third kappa shape index (κ3) is 3.29. The van der Waals surface area contributed by atoms with Gasteiger partial charge in [0.15, 0.2) is 17.3 Å². The van der Waals surface area contributed by atoms with Crippen LogP contribution in [0.3, 0.4) is 0 Å². The van der Waals surface area contributed by atoms with Crippen molar-refractivity contribution in [1.29, 1.82) is 0 Å². The van der Waals surface area contributed by atoms with Crippen molar-refractivity contribution in [3.8, 4) is 23.0 Å².